The van der Waals surface area contributed by atoms with Crippen molar-refractivity contribution in [1.29, 1.82) is 0 Å². The summed E-state index contributed by atoms with van der Waals surface area (Å²) in [6.07, 6.45) is 1.92. The van der Waals surface area contributed by atoms with E-state index in [4.69, 9.17) is 9.16 Å². The molecule has 2 unspecified atom stereocenters. The molecule has 0 N–H and O–H groups in total. The maximum absolute atomic E-state index is 12.7. The van der Waals surface area contributed by atoms with Crippen molar-refractivity contribution in [2.75, 3.05) is 7.11 Å². The van der Waals surface area contributed by atoms with Crippen LogP contribution < -0.4 is 10.4 Å². The van der Waals surface area contributed by atoms with Gasteiger partial charge >= 0.3 is 5.97 Å². The lowest BCUT2D eigenvalue weighted by Gasteiger charge is -2.46. The summed E-state index contributed by atoms with van der Waals surface area (Å²) in [5, 5.41) is 2.42. The molecule has 0 saturated heterocycles. The Labute approximate surface area is 175 Å². The first-order chi connectivity index (χ1) is 13.7. The van der Waals surface area contributed by atoms with Gasteiger partial charge in [0.15, 0.2) is 0 Å². The van der Waals surface area contributed by atoms with E-state index < -0.39 is 8.32 Å². The fraction of sp³-hybridized carbons (Fsp3) is 0.480. The Morgan fingerprint density at radius 1 is 1.00 bits per heavy atom. The van der Waals surface area contributed by atoms with E-state index in [1.165, 1.54) is 17.5 Å². The van der Waals surface area contributed by atoms with Gasteiger partial charge in [0, 0.05) is 0 Å². The van der Waals surface area contributed by atoms with E-state index in [1.807, 2.05) is 0 Å². The molecule has 4 heteroatoms. The van der Waals surface area contributed by atoms with Gasteiger partial charge in [0.1, 0.15) is 0 Å². The second kappa shape index (κ2) is 7.10. The van der Waals surface area contributed by atoms with Crippen LogP contribution in [0.25, 0.3) is 0 Å². The lowest BCUT2D eigenvalue weighted by molar-refractivity contribution is -0.149. The third kappa shape index (κ3) is 3.17. The molecule has 0 aromatic heterocycles. The zero-order chi connectivity index (χ0) is 20.9. The van der Waals surface area contributed by atoms with Crippen LogP contribution in [0.3, 0.4) is 0 Å². The number of rotatable bonds is 5. The summed E-state index contributed by atoms with van der Waals surface area (Å²) in [6, 6.07) is 21.3. The highest BCUT2D eigenvalue weighted by atomic mass is 28.4. The van der Waals surface area contributed by atoms with Crippen molar-refractivity contribution in [3.05, 3.63) is 60.7 Å². The van der Waals surface area contributed by atoms with Crippen LogP contribution in [0.4, 0.5) is 0 Å². The molecule has 2 aliphatic carbocycles. The molecule has 29 heavy (non-hydrogen) atoms. The van der Waals surface area contributed by atoms with Crippen LogP contribution in [-0.4, -0.2) is 27.5 Å². The molecular formula is C25H32O3Si. The quantitative estimate of drug-likeness (QED) is 0.551. The number of hydrogen-bond donors (Lipinski definition) is 0. The maximum Gasteiger partial charge on any atom is 0.311 e. The highest BCUT2D eigenvalue weighted by molar-refractivity contribution is 6.99. The zero-order valence-corrected chi connectivity index (χ0v) is 19.1. The molecule has 0 heterocycles. The first-order valence-electron chi connectivity index (χ1n) is 10.6. The van der Waals surface area contributed by atoms with Crippen molar-refractivity contribution in [1.82, 2.24) is 0 Å². The molecule has 0 spiro atoms. The number of carbonyl (C=O) groups excluding carboxylic acids is 1. The molecule has 2 fully saturated rings. The van der Waals surface area contributed by atoms with Crippen molar-refractivity contribution >= 4 is 24.7 Å². The second-order valence-electron chi connectivity index (χ2n) is 9.97. The van der Waals surface area contributed by atoms with Crippen LogP contribution in [0.1, 0.15) is 40.5 Å². The van der Waals surface area contributed by atoms with Gasteiger partial charge in [-0.15, -0.1) is 0 Å². The van der Waals surface area contributed by atoms with E-state index in [9.17, 15) is 4.79 Å². The molecule has 0 radical (unpaired) electrons. The second-order valence-corrected chi connectivity index (χ2v) is 14.2. The SMILES string of the molecule is COC(=O)[C@@H]1CC2CC2(C)[C@H]1O[Si](c1ccccc1)(c1ccccc1)C(C)(C)C. The molecule has 4 rings (SSSR count). The predicted molar refractivity (Wildman–Crippen MR) is 119 cm³/mol. The molecule has 2 aliphatic rings. The summed E-state index contributed by atoms with van der Waals surface area (Å²) < 4.78 is 12.6. The van der Waals surface area contributed by atoms with Gasteiger partial charge in [-0.25, -0.2) is 0 Å². The number of benzene rings is 2. The number of hydrogen-bond acceptors (Lipinski definition) is 3. The summed E-state index contributed by atoms with van der Waals surface area (Å²) in [6.45, 7) is 9.15. The van der Waals surface area contributed by atoms with E-state index in [0.29, 0.717) is 5.92 Å². The molecule has 0 aliphatic heterocycles. The zero-order valence-electron chi connectivity index (χ0n) is 18.1. The summed E-state index contributed by atoms with van der Waals surface area (Å²) in [7, 11) is -1.19. The molecular weight excluding hydrogens is 376 g/mol. The topological polar surface area (TPSA) is 35.5 Å². The van der Waals surface area contributed by atoms with Crippen LogP contribution in [0.5, 0.6) is 0 Å². The Bertz CT molecular complexity index is 834. The summed E-state index contributed by atoms with van der Waals surface area (Å²) in [5.74, 6) is 0.265. The summed E-state index contributed by atoms with van der Waals surface area (Å²) in [4.78, 5) is 12.7. The van der Waals surface area contributed by atoms with E-state index in [-0.39, 0.29) is 28.4 Å². The van der Waals surface area contributed by atoms with Crippen molar-refractivity contribution in [3.63, 3.8) is 0 Å². The normalized spacial score (nSPS) is 28.7. The van der Waals surface area contributed by atoms with E-state index in [1.54, 1.807) is 0 Å². The first-order valence-corrected chi connectivity index (χ1v) is 12.5. The average molecular weight is 409 g/mol. The van der Waals surface area contributed by atoms with Crippen molar-refractivity contribution in [2.45, 2.75) is 51.7 Å². The van der Waals surface area contributed by atoms with E-state index >= 15 is 0 Å². The van der Waals surface area contributed by atoms with Gasteiger partial charge in [-0.1, -0.05) is 88.4 Å². The Kier molecular flexibility index (Phi) is 4.99. The van der Waals surface area contributed by atoms with Crippen molar-refractivity contribution < 1.29 is 14.0 Å². The van der Waals surface area contributed by atoms with Gasteiger partial charge in [0.25, 0.3) is 8.32 Å². The van der Waals surface area contributed by atoms with Crippen LogP contribution in [0, 0.1) is 17.3 Å². The van der Waals surface area contributed by atoms with Crippen molar-refractivity contribution in [3.8, 4) is 0 Å². The molecule has 154 valence electrons. The smallest absolute Gasteiger partial charge is 0.311 e. The van der Waals surface area contributed by atoms with Crippen LogP contribution >= 0.6 is 0 Å². The number of ether oxygens (including phenoxy) is 1. The highest BCUT2D eigenvalue weighted by Crippen LogP contribution is 2.67. The minimum atomic E-state index is -2.68. The number of methoxy groups -OCH3 is 1. The van der Waals surface area contributed by atoms with Gasteiger partial charge in [0.2, 0.25) is 0 Å². The molecule has 2 aromatic rings. The average Bonchev–Trinajstić information content (AvgIpc) is 3.29. The molecule has 0 bridgehead atoms. The lowest BCUT2D eigenvalue weighted by atomic mass is 9.95. The van der Waals surface area contributed by atoms with Gasteiger partial charge in [-0.05, 0) is 39.6 Å². The lowest BCUT2D eigenvalue weighted by Crippen LogP contribution is -2.68. The molecule has 2 aromatic carbocycles. The van der Waals surface area contributed by atoms with Crippen LogP contribution in [0.2, 0.25) is 5.04 Å². The number of fused-ring (bicyclic) bond motifs is 1. The number of carbonyl (C=O) groups is 1. The van der Waals surface area contributed by atoms with Gasteiger partial charge in [0.05, 0.1) is 19.1 Å². The Morgan fingerprint density at radius 2 is 1.52 bits per heavy atom. The monoisotopic (exact) mass is 408 g/mol. The molecule has 3 nitrogen and oxygen atoms in total. The van der Waals surface area contributed by atoms with Crippen LogP contribution in [-0.2, 0) is 14.0 Å². The third-order valence-electron chi connectivity index (χ3n) is 7.24. The molecule has 4 atom stereocenters. The summed E-state index contributed by atoms with van der Waals surface area (Å²) >= 11 is 0. The Balaban J connectivity index is 1.88. The standard InChI is InChI=1S/C25H32O3Si/c1-24(2,3)29(19-12-8-6-9-13-19,20-14-10-7-11-15-20)28-22-21(23(26)27-5)16-18-17-25(18,22)4/h6-15,18,21-22H,16-17H2,1-5H3/t18?,21-,22+,25?/m1/s1. The Hall–Kier alpha value is -1.91. The minimum Gasteiger partial charge on any atom is -0.469 e. The minimum absolute atomic E-state index is 0.0753. The highest BCUT2D eigenvalue weighted by Gasteiger charge is 2.68. The van der Waals surface area contributed by atoms with E-state index in [2.05, 4.69) is 88.4 Å². The summed E-state index contributed by atoms with van der Waals surface area (Å²) in [5.41, 5.74) is 0.0753. The van der Waals surface area contributed by atoms with Gasteiger partial charge < -0.3 is 9.16 Å². The largest absolute Gasteiger partial charge is 0.469 e. The number of esters is 1. The molecule has 0 amide bonds. The van der Waals surface area contributed by atoms with Crippen LogP contribution in [0.15, 0.2) is 60.7 Å². The van der Waals surface area contributed by atoms with Crippen molar-refractivity contribution in [2.24, 2.45) is 17.3 Å². The van der Waals surface area contributed by atoms with Gasteiger partial charge in [-0.3, -0.25) is 4.79 Å². The fourth-order valence-corrected chi connectivity index (χ4v) is 10.4. The predicted octanol–water partition coefficient (Wildman–Crippen LogP) is 4.15. The van der Waals surface area contributed by atoms with E-state index in [0.717, 1.165) is 12.8 Å². The Morgan fingerprint density at radius 3 is 1.97 bits per heavy atom. The first kappa shape index (κ1) is 20.4. The fourth-order valence-electron chi connectivity index (χ4n) is 5.53. The van der Waals surface area contributed by atoms with Gasteiger partial charge in [-0.2, -0.15) is 0 Å². The maximum atomic E-state index is 12.7. The molecule has 2 saturated carbocycles. The third-order valence-corrected chi connectivity index (χ3v) is 12.2.